The Labute approximate surface area is 637 Å². The Morgan fingerprint density at radius 1 is 0.459 bits per heavy atom. The van der Waals surface area contributed by atoms with E-state index in [1.807, 2.05) is 0 Å². The van der Waals surface area contributed by atoms with Gasteiger partial charge < -0.3 is 112 Å². The number of imidazole rings is 2. The number of carbonyl (C=O) groups excluding carboxylic acids is 13. The first kappa shape index (κ1) is 94.6. The molecule has 24 N–H and O–H groups in total. The van der Waals surface area contributed by atoms with Crippen LogP contribution in [-0.2, 0) is 89.6 Å². The molecule has 2 rings (SSSR count). The summed E-state index contributed by atoms with van der Waals surface area (Å²) in [5.74, 6) is -19.5. The molecule has 41 heteroatoms. The number of aromatic nitrogens is 4. The lowest BCUT2D eigenvalue weighted by molar-refractivity contribution is -0.143. The predicted molar refractivity (Wildman–Crippen MR) is 398 cm³/mol. The standard InChI is InChI=1S/C68H113N21O19S/c1-13-33(7)51(88-66(106)54(36(10)16-4)89-65(105)53(35(9)15-3)86-61(101)46(25-50(93)94)82-56(96)38(12)78-55(95)37(11)69)63(103)75-28-48(90)79-44(23-39-26-72-30-76-39)59(99)83-43(22-32(5)6)58(98)85-47(29-109)62(102)87-52(34(8)14-2)64(104)80-41(18-17-21-74-68(70)71)57(97)84-45(24-40-27-73-31-77-40)60(100)81-42(67(107)108)19-20-49(91)92/h26-27,30-38,41-47,51-54,109H,13-25,28-29,69H2,1-12H3,(H,72,76)(H,73,77)(H,75,103)(H,78,95)(H,79,90)(H,80,104)(H,81,100)(H,82,96)(H,83,99)(H,84,97)(H,85,98)(H,86,101)(H,87,102)(H,88,106)(H,89,105)(H,91,92)(H,93,94)(H,107,108)(H4,70,71,74)/t33-,34-,35-,36-,37-,38-,41-,42-,43-,44-,45-,46-,47-,51-,52-,53-,54-/m0/s1. The SMILES string of the molecule is CC[C@H](C)[C@H](NC(=O)[C@H](CS)NC(=O)[C@H](CC(C)C)NC(=O)[C@H](Cc1cnc[nH]1)NC(=O)CNC(=O)[C@@H](NC(=O)[C@@H](NC(=O)[C@@H](NC(=O)[C@H](CC(=O)O)NC(=O)[C@H](C)NC(=O)[C@H](C)N)[C@@H](C)CC)[C@@H](C)CC)[C@@H](C)CC)C(=O)N[C@@H](CCCN=C(N)N)C(=O)N[C@@H](Cc1cnc[nH]1)C(=O)N[C@@H](CCC(=O)O)C(=O)O. The molecule has 0 bridgehead atoms. The maximum atomic E-state index is 14.5. The van der Waals surface area contributed by atoms with Crippen molar-refractivity contribution >= 4 is 113 Å². The Hall–Kier alpha value is -10.5. The van der Waals surface area contributed by atoms with Crippen molar-refractivity contribution in [3.05, 3.63) is 36.4 Å². The number of aliphatic carboxylic acids is 3. The first-order valence-corrected chi connectivity index (χ1v) is 36.8. The molecular formula is C68H113N21O19S. The third-order valence-corrected chi connectivity index (χ3v) is 18.4. The van der Waals surface area contributed by atoms with E-state index in [-0.39, 0.29) is 69.1 Å². The molecule has 0 spiro atoms. The molecule has 0 aliphatic heterocycles. The molecule has 2 aromatic rings. The summed E-state index contributed by atoms with van der Waals surface area (Å²) in [6, 6.07) is -18.5. The van der Waals surface area contributed by atoms with Crippen LogP contribution in [0.1, 0.15) is 159 Å². The van der Waals surface area contributed by atoms with Gasteiger partial charge in [0.25, 0.3) is 0 Å². The molecule has 17 atom stereocenters. The molecule has 2 aromatic heterocycles. The predicted octanol–water partition coefficient (Wildman–Crippen LogP) is -4.14. The highest BCUT2D eigenvalue weighted by molar-refractivity contribution is 7.80. The lowest BCUT2D eigenvalue weighted by Crippen LogP contribution is -2.62. The van der Waals surface area contributed by atoms with Crippen LogP contribution >= 0.6 is 12.6 Å². The fraction of sp³-hybridized carbons (Fsp3) is 0.662. The van der Waals surface area contributed by atoms with E-state index in [1.165, 1.54) is 38.9 Å². The van der Waals surface area contributed by atoms with Gasteiger partial charge >= 0.3 is 17.9 Å². The number of amides is 13. The Morgan fingerprint density at radius 2 is 0.853 bits per heavy atom. The molecule has 2 heterocycles. The maximum Gasteiger partial charge on any atom is 0.326 e. The summed E-state index contributed by atoms with van der Waals surface area (Å²) in [4.78, 5) is 234. The normalized spacial score (nSPS) is 15.8. The van der Waals surface area contributed by atoms with Gasteiger partial charge in [-0.25, -0.2) is 14.8 Å². The average Bonchev–Trinajstić information content (AvgIpc) is 1.30. The highest BCUT2D eigenvalue weighted by Crippen LogP contribution is 2.18. The van der Waals surface area contributed by atoms with Gasteiger partial charge in [0.1, 0.15) is 72.5 Å². The first-order valence-electron chi connectivity index (χ1n) is 36.2. The summed E-state index contributed by atoms with van der Waals surface area (Å²) < 4.78 is 0. The second-order valence-corrected chi connectivity index (χ2v) is 27.8. The maximum absolute atomic E-state index is 14.5. The lowest BCUT2D eigenvalue weighted by Gasteiger charge is -2.31. The van der Waals surface area contributed by atoms with Crippen molar-refractivity contribution in [1.29, 1.82) is 0 Å². The molecule has 0 aromatic carbocycles. The Bertz CT molecular complexity index is 3410. The zero-order valence-electron chi connectivity index (χ0n) is 63.7. The van der Waals surface area contributed by atoms with Gasteiger partial charge in [0.2, 0.25) is 76.8 Å². The van der Waals surface area contributed by atoms with Crippen molar-refractivity contribution in [3.8, 4) is 0 Å². The highest BCUT2D eigenvalue weighted by Gasteiger charge is 2.40. The van der Waals surface area contributed by atoms with Crippen molar-refractivity contribution in [3.63, 3.8) is 0 Å². The number of hydrogen-bond donors (Lipinski definition) is 22. The molecule has 0 radical (unpaired) electrons. The lowest BCUT2D eigenvalue weighted by atomic mass is 9.93. The van der Waals surface area contributed by atoms with Gasteiger partial charge in [0, 0.05) is 55.3 Å². The van der Waals surface area contributed by atoms with Crippen molar-refractivity contribution in [2.75, 3.05) is 18.8 Å². The quantitative estimate of drug-likeness (QED) is 0.0129. The number of nitrogens with two attached hydrogens (primary N) is 3. The molecule has 0 saturated heterocycles. The molecule has 13 amide bonds. The Morgan fingerprint density at radius 3 is 1.28 bits per heavy atom. The number of carbonyl (C=O) groups is 16. The number of thiol groups is 1. The highest BCUT2D eigenvalue weighted by atomic mass is 32.1. The molecule has 109 heavy (non-hydrogen) atoms. The van der Waals surface area contributed by atoms with Crippen molar-refractivity contribution in [2.45, 2.75) is 239 Å². The number of aromatic amines is 2. The van der Waals surface area contributed by atoms with E-state index in [4.69, 9.17) is 17.2 Å². The van der Waals surface area contributed by atoms with E-state index in [0.29, 0.717) is 24.2 Å². The van der Waals surface area contributed by atoms with E-state index in [1.54, 1.807) is 69.2 Å². The number of hydrogen-bond acceptors (Lipinski definition) is 21. The van der Waals surface area contributed by atoms with Crippen LogP contribution in [0.4, 0.5) is 0 Å². The third kappa shape index (κ3) is 33.7. The molecule has 0 fully saturated rings. The largest absolute Gasteiger partial charge is 0.481 e. The number of rotatable bonds is 51. The van der Waals surface area contributed by atoms with Gasteiger partial charge in [-0.3, -0.25) is 76.9 Å². The minimum absolute atomic E-state index is 0.0270. The zero-order chi connectivity index (χ0) is 82.5. The van der Waals surface area contributed by atoms with Gasteiger partial charge in [-0.1, -0.05) is 94.9 Å². The van der Waals surface area contributed by atoms with Crippen molar-refractivity contribution in [1.82, 2.24) is 89.1 Å². The van der Waals surface area contributed by atoms with Gasteiger partial charge in [-0.05, 0) is 69.1 Å². The summed E-state index contributed by atoms with van der Waals surface area (Å²) >= 11 is 4.34. The Kier molecular flexibility index (Phi) is 41.7. The number of aliphatic imine (C=N–C) groups is 1. The summed E-state index contributed by atoms with van der Waals surface area (Å²) in [5, 5.41) is 61.6. The van der Waals surface area contributed by atoms with Crippen LogP contribution in [0.2, 0.25) is 0 Å². The van der Waals surface area contributed by atoms with Crippen molar-refractivity contribution in [2.24, 2.45) is 51.8 Å². The minimum atomic E-state index is -1.73. The van der Waals surface area contributed by atoms with E-state index in [0.717, 1.165) is 0 Å². The van der Waals surface area contributed by atoms with Gasteiger partial charge in [-0.2, -0.15) is 12.6 Å². The van der Waals surface area contributed by atoms with Crippen LogP contribution in [0.3, 0.4) is 0 Å². The second-order valence-electron chi connectivity index (χ2n) is 27.4. The van der Waals surface area contributed by atoms with Crippen molar-refractivity contribution < 1.29 is 92.0 Å². The summed E-state index contributed by atoms with van der Waals surface area (Å²) in [6.45, 7) is 18.8. The van der Waals surface area contributed by atoms with Crippen LogP contribution in [0, 0.1) is 29.6 Å². The number of H-pyrrole nitrogens is 2. The molecule has 610 valence electrons. The number of nitrogens with zero attached hydrogens (tertiary/aromatic N) is 3. The van der Waals surface area contributed by atoms with E-state index < -0.39 is 223 Å². The molecular weight excluding hydrogens is 1450 g/mol. The molecule has 0 unspecified atom stereocenters. The summed E-state index contributed by atoms with van der Waals surface area (Å²) in [7, 11) is 0. The van der Waals surface area contributed by atoms with E-state index in [2.05, 4.69) is 107 Å². The van der Waals surface area contributed by atoms with E-state index >= 15 is 0 Å². The van der Waals surface area contributed by atoms with Crippen LogP contribution in [-0.4, -0.2) is 233 Å². The number of nitrogens with one attached hydrogen (secondary N) is 15. The topological polar surface area (TPSA) is 638 Å². The fourth-order valence-electron chi connectivity index (χ4n) is 10.6. The van der Waals surface area contributed by atoms with Gasteiger partial charge in [0.15, 0.2) is 5.96 Å². The zero-order valence-corrected chi connectivity index (χ0v) is 64.6. The smallest absolute Gasteiger partial charge is 0.326 e. The van der Waals surface area contributed by atoms with Crippen LogP contribution in [0.15, 0.2) is 30.0 Å². The average molecular weight is 1560 g/mol. The number of carboxylic acids is 3. The Balaban J connectivity index is 2.41. The minimum Gasteiger partial charge on any atom is -0.481 e. The van der Waals surface area contributed by atoms with Gasteiger partial charge in [0.05, 0.1) is 31.7 Å². The van der Waals surface area contributed by atoms with E-state index in [9.17, 15) is 92.0 Å². The number of carboxylic acid groups (broad SMARTS) is 3. The van der Waals surface area contributed by atoms with Crippen LogP contribution in [0.5, 0.6) is 0 Å². The van der Waals surface area contributed by atoms with Gasteiger partial charge in [-0.15, -0.1) is 0 Å². The summed E-state index contributed by atoms with van der Waals surface area (Å²) in [5.41, 5.74) is 17.3. The monoisotopic (exact) mass is 1560 g/mol. The van der Waals surface area contributed by atoms with Crippen LogP contribution < -0.4 is 86.3 Å². The first-order chi connectivity index (χ1) is 51.2. The second kappa shape index (κ2) is 48.0. The molecule has 0 aliphatic carbocycles. The molecule has 0 saturated carbocycles. The summed E-state index contributed by atoms with van der Waals surface area (Å²) in [6.07, 6.45) is 3.81. The van der Waals surface area contributed by atoms with Crippen LogP contribution in [0.25, 0.3) is 0 Å². The molecule has 40 nitrogen and oxygen atoms in total. The fourth-order valence-corrected chi connectivity index (χ4v) is 10.9. The molecule has 0 aliphatic rings. The third-order valence-electron chi connectivity index (χ3n) is 18.0. The number of guanidine groups is 1.